The van der Waals surface area contributed by atoms with Crippen LogP contribution in [0.4, 0.5) is 11.4 Å². The summed E-state index contributed by atoms with van der Waals surface area (Å²) in [5.74, 6) is 0. The quantitative estimate of drug-likeness (QED) is 0.679. The number of anilines is 2. The molecule has 0 spiro atoms. The van der Waals surface area contributed by atoms with Gasteiger partial charge >= 0.3 is 0 Å². The van der Waals surface area contributed by atoms with E-state index in [1.165, 1.54) is 22.5 Å². The van der Waals surface area contributed by atoms with E-state index in [4.69, 9.17) is 0 Å². The molecule has 0 aliphatic carbocycles. The largest absolute Gasteiger partial charge is 0.372 e. The van der Waals surface area contributed by atoms with Crippen molar-refractivity contribution in [2.24, 2.45) is 0 Å². The average molecular weight is 310 g/mol. The van der Waals surface area contributed by atoms with Gasteiger partial charge in [-0.25, -0.2) is 0 Å². The van der Waals surface area contributed by atoms with E-state index in [-0.39, 0.29) is 0 Å². The summed E-state index contributed by atoms with van der Waals surface area (Å²) >= 11 is 0. The summed E-state index contributed by atoms with van der Waals surface area (Å²) in [6, 6.07) is 17.9. The van der Waals surface area contributed by atoms with Crippen LogP contribution in [0.2, 0.25) is 0 Å². The third-order valence-corrected chi connectivity index (χ3v) is 4.49. The van der Waals surface area contributed by atoms with Gasteiger partial charge in [0.15, 0.2) is 0 Å². The van der Waals surface area contributed by atoms with Crippen LogP contribution >= 0.6 is 0 Å². The van der Waals surface area contributed by atoms with Crippen molar-refractivity contribution >= 4 is 11.4 Å². The van der Waals surface area contributed by atoms with Gasteiger partial charge in [-0.05, 0) is 69.5 Å². The first-order valence-corrected chi connectivity index (χ1v) is 8.89. The Morgan fingerprint density at radius 3 is 1.35 bits per heavy atom. The van der Waals surface area contributed by atoms with Crippen LogP contribution in [0.3, 0.4) is 0 Å². The molecule has 23 heavy (non-hydrogen) atoms. The molecular weight excluding hydrogens is 280 g/mol. The maximum absolute atomic E-state index is 2.40. The highest BCUT2D eigenvalue weighted by atomic mass is 15.1. The Morgan fingerprint density at radius 1 is 0.609 bits per heavy atom. The summed E-state index contributed by atoms with van der Waals surface area (Å²) in [7, 11) is 0. The van der Waals surface area contributed by atoms with Gasteiger partial charge < -0.3 is 9.80 Å². The Balaban J connectivity index is 2.19. The van der Waals surface area contributed by atoms with Crippen LogP contribution in [0, 0.1) is 0 Å². The Labute approximate surface area is 141 Å². The second-order valence-electron chi connectivity index (χ2n) is 5.86. The lowest BCUT2D eigenvalue weighted by Crippen LogP contribution is -2.22. The summed E-state index contributed by atoms with van der Waals surface area (Å²) in [4.78, 5) is 4.80. The van der Waals surface area contributed by atoms with Crippen molar-refractivity contribution in [3.63, 3.8) is 0 Å². The normalized spacial score (nSPS) is 10.6. The summed E-state index contributed by atoms with van der Waals surface area (Å²) in [5, 5.41) is 0. The van der Waals surface area contributed by atoms with E-state index >= 15 is 0 Å². The zero-order chi connectivity index (χ0) is 16.7. The SMILES string of the molecule is CCN(CC)c1cccc(Cc2cccc(N(CC)CC)c2)c1. The Hall–Kier alpha value is -1.96. The maximum Gasteiger partial charge on any atom is 0.0368 e. The molecular formula is C21H30N2. The minimum atomic E-state index is 0.990. The van der Waals surface area contributed by atoms with Gasteiger partial charge in [-0.3, -0.25) is 0 Å². The van der Waals surface area contributed by atoms with E-state index in [1.807, 2.05) is 0 Å². The van der Waals surface area contributed by atoms with Crippen LogP contribution in [0.15, 0.2) is 48.5 Å². The summed E-state index contributed by atoms with van der Waals surface area (Å²) in [6.45, 7) is 13.1. The summed E-state index contributed by atoms with van der Waals surface area (Å²) in [5.41, 5.74) is 5.41. The minimum Gasteiger partial charge on any atom is -0.372 e. The van der Waals surface area contributed by atoms with Crippen molar-refractivity contribution in [2.45, 2.75) is 34.1 Å². The monoisotopic (exact) mass is 310 g/mol. The van der Waals surface area contributed by atoms with E-state index in [0.29, 0.717) is 0 Å². The van der Waals surface area contributed by atoms with E-state index in [2.05, 4.69) is 86.0 Å². The van der Waals surface area contributed by atoms with Gasteiger partial charge in [-0.1, -0.05) is 24.3 Å². The molecule has 0 aromatic heterocycles. The molecule has 0 bridgehead atoms. The lowest BCUT2D eigenvalue weighted by molar-refractivity contribution is 0.863. The number of rotatable bonds is 8. The number of nitrogens with zero attached hydrogens (tertiary/aromatic N) is 2. The van der Waals surface area contributed by atoms with Gasteiger partial charge in [0.2, 0.25) is 0 Å². The minimum absolute atomic E-state index is 0.990. The molecule has 2 nitrogen and oxygen atoms in total. The molecule has 0 aliphatic heterocycles. The van der Waals surface area contributed by atoms with Gasteiger partial charge in [-0.15, -0.1) is 0 Å². The van der Waals surface area contributed by atoms with Crippen LogP contribution in [0.5, 0.6) is 0 Å². The molecule has 0 aliphatic rings. The Bertz CT molecular complexity index is 545. The topological polar surface area (TPSA) is 6.48 Å². The molecule has 0 radical (unpaired) electrons. The second kappa shape index (κ2) is 8.61. The molecule has 2 heteroatoms. The fourth-order valence-electron chi connectivity index (χ4n) is 3.14. The number of hydrogen-bond donors (Lipinski definition) is 0. The molecule has 0 atom stereocenters. The van der Waals surface area contributed by atoms with Crippen LogP contribution in [0.25, 0.3) is 0 Å². The standard InChI is InChI=1S/C21H30N2/c1-5-22(6-2)20-13-9-11-18(16-20)15-19-12-10-14-21(17-19)23(7-3)8-4/h9-14,16-17H,5-8,15H2,1-4H3. The first kappa shape index (κ1) is 17.4. The molecule has 0 heterocycles. The zero-order valence-corrected chi connectivity index (χ0v) is 15.0. The molecule has 0 saturated heterocycles. The fourth-order valence-corrected chi connectivity index (χ4v) is 3.14. The average Bonchev–Trinajstić information content (AvgIpc) is 2.58. The molecule has 2 aromatic carbocycles. The highest BCUT2D eigenvalue weighted by Crippen LogP contribution is 2.21. The molecule has 2 rings (SSSR count). The van der Waals surface area contributed by atoms with E-state index in [1.54, 1.807) is 0 Å². The van der Waals surface area contributed by atoms with E-state index in [9.17, 15) is 0 Å². The summed E-state index contributed by atoms with van der Waals surface area (Å²) < 4.78 is 0. The van der Waals surface area contributed by atoms with Crippen molar-refractivity contribution in [1.82, 2.24) is 0 Å². The van der Waals surface area contributed by atoms with Crippen molar-refractivity contribution in [2.75, 3.05) is 36.0 Å². The van der Waals surface area contributed by atoms with E-state index < -0.39 is 0 Å². The fraction of sp³-hybridized carbons (Fsp3) is 0.429. The maximum atomic E-state index is 2.40. The number of hydrogen-bond acceptors (Lipinski definition) is 2. The van der Waals surface area contributed by atoms with Crippen molar-refractivity contribution in [3.05, 3.63) is 59.7 Å². The molecule has 0 N–H and O–H groups in total. The highest BCUT2D eigenvalue weighted by molar-refractivity contribution is 5.52. The zero-order valence-electron chi connectivity index (χ0n) is 15.0. The van der Waals surface area contributed by atoms with Gasteiger partial charge in [0.05, 0.1) is 0 Å². The molecule has 0 unspecified atom stereocenters. The van der Waals surface area contributed by atoms with Crippen LogP contribution in [-0.2, 0) is 6.42 Å². The van der Waals surface area contributed by atoms with Gasteiger partial charge in [0.1, 0.15) is 0 Å². The highest BCUT2D eigenvalue weighted by Gasteiger charge is 2.06. The predicted molar refractivity (Wildman–Crippen MR) is 103 cm³/mol. The Morgan fingerprint density at radius 2 is 1.00 bits per heavy atom. The van der Waals surface area contributed by atoms with Gasteiger partial charge in [0.25, 0.3) is 0 Å². The number of benzene rings is 2. The van der Waals surface area contributed by atoms with Crippen molar-refractivity contribution < 1.29 is 0 Å². The van der Waals surface area contributed by atoms with E-state index in [0.717, 1.165) is 32.6 Å². The lowest BCUT2D eigenvalue weighted by atomic mass is 10.0. The third-order valence-electron chi connectivity index (χ3n) is 4.49. The Kier molecular flexibility index (Phi) is 6.52. The molecule has 0 saturated carbocycles. The molecule has 0 fully saturated rings. The van der Waals surface area contributed by atoms with Crippen LogP contribution in [-0.4, -0.2) is 26.2 Å². The van der Waals surface area contributed by atoms with Gasteiger partial charge in [0, 0.05) is 37.6 Å². The summed E-state index contributed by atoms with van der Waals surface area (Å²) in [6.07, 6.45) is 0.990. The smallest absolute Gasteiger partial charge is 0.0368 e. The second-order valence-corrected chi connectivity index (χ2v) is 5.86. The predicted octanol–water partition coefficient (Wildman–Crippen LogP) is 4.97. The van der Waals surface area contributed by atoms with Crippen LogP contribution in [0.1, 0.15) is 38.8 Å². The first-order valence-electron chi connectivity index (χ1n) is 8.89. The van der Waals surface area contributed by atoms with Gasteiger partial charge in [-0.2, -0.15) is 0 Å². The lowest BCUT2D eigenvalue weighted by Gasteiger charge is -2.22. The molecule has 0 amide bonds. The van der Waals surface area contributed by atoms with Crippen molar-refractivity contribution in [1.29, 1.82) is 0 Å². The third kappa shape index (κ3) is 4.51. The first-order chi connectivity index (χ1) is 11.2. The molecule has 2 aromatic rings. The van der Waals surface area contributed by atoms with Crippen molar-refractivity contribution in [3.8, 4) is 0 Å². The molecule has 124 valence electrons. The van der Waals surface area contributed by atoms with Crippen LogP contribution < -0.4 is 9.80 Å².